The van der Waals surface area contributed by atoms with Gasteiger partial charge in [0.1, 0.15) is 6.54 Å². The molecule has 3 nitrogen and oxygen atoms in total. The normalized spacial score (nSPS) is 14.7. The van der Waals surface area contributed by atoms with Gasteiger partial charge in [-0.25, -0.2) is 0 Å². The fraction of sp³-hybridized carbons (Fsp3) is 1.00. The summed E-state index contributed by atoms with van der Waals surface area (Å²) in [4.78, 5) is 10.5. The smallest absolute Gasteiger partial charge is 0.107 e. The highest BCUT2D eigenvalue weighted by Crippen LogP contribution is 2.33. The van der Waals surface area contributed by atoms with Gasteiger partial charge in [-0.1, -0.05) is 45.7 Å². The second-order valence-corrected chi connectivity index (χ2v) is 5.89. The predicted molar refractivity (Wildman–Crippen MR) is 73.2 cm³/mol. The molecule has 1 unspecified atom stereocenters. The van der Waals surface area contributed by atoms with Gasteiger partial charge in [-0.3, -0.25) is 0 Å². The Morgan fingerprint density at radius 2 is 1.59 bits per heavy atom. The van der Waals surface area contributed by atoms with Crippen molar-refractivity contribution in [3.05, 3.63) is 4.91 Å². The van der Waals surface area contributed by atoms with Gasteiger partial charge in [-0.2, -0.15) is 4.91 Å². The Balaban J connectivity index is 4.58. The van der Waals surface area contributed by atoms with E-state index in [1.54, 1.807) is 0 Å². The van der Waals surface area contributed by atoms with E-state index < -0.39 is 0 Å². The van der Waals surface area contributed by atoms with Crippen molar-refractivity contribution in [1.82, 2.24) is 0 Å². The van der Waals surface area contributed by atoms with E-state index in [0.29, 0.717) is 0 Å². The molecule has 0 saturated heterocycles. The van der Waals surface area contributed by atoms with Gasteiger partial charge in [-0.15, -0.1) is 0 Å². The molecule has 0 bridgehead atoms. The van der Waals surface area contributed by atoms with Gasteiger partial charge in [0, 0.05) is 0 Å². The van der Waals surface area contributed by atoms with Crippen LogP contribution in [-0.4, -0.2) is 18.2 Å². The van der Waals surface area contributed by atoms with E-state index in [4.69, 9.17) is 4.74 Å². The monoisotopic (exact) mass is 243 g/mol. The molecule has 0 radical (unpaired) electrons. The van der Waals surface area contributed by atoms with Crippen molar-refractivity contribution in [2.45, 2.75) is 78.9 Å². The standard InChI is InChI=1S/C14H29NO2/c1-7-13(4,5)17-12(11-15-16)10-14(6,8-2)9-3/h12H,7-11H2,1-6H3. The molecule has 0 amide bonds. The zero-order valence-electron chi connectivity index (χ0n) is 12.4. The maximum absolute atomic E-state index is 10.5. The molecule has 0 aromatic carbocycles. The molecule has 0 fully saturated rings. The largest absolute Gasteiger partial charge is 0.370 e. The topological polar surface area (TPSA) is 38.7 Å². The van der Waals surface area contributed by atoms with Crippen LogP contribution in [0.1, 0.15) is 67.2 Å². The fourth-order valence-corrected chi connectivity index (χ4v) is 1.85. The van der Waals surface area contributed by atoms with Crippen LogP contribution in [0, 0.1) is 10.3 Å². The van der Waals surface area contributed by atoms with E-state index in [1.165, 1.54) is 0 Å². The quantitative estimate of drug-likeness (QED) is 0.557. The fourth-order valence-electron chi connectivity index (χ4n) is 1.85. The Bertz CT molecular complexity index is 222. The number of rotatable bonds is 9. The van der Waals surface area contributed by atoms with Crippen LogP contribution in [0.4, 0.5) is 0 Å². The molecule has 0 aliphatic carbocycles. The molecule has 0 N–H and O–H groups in total. The molecular weight excluding hydrogens is 214 g/mol. The lowest BCUT2D eigenvalue weighted by atomic mass is 9.79. The van der Waals surface area contributed by atoms with Crippen molar-refractivity contribution in [1.29, 1.82) is 0 Å². The molecule has 3 heteroatoms. The highest BCUT2D eigenvalue weighted by Gasteiger charge is 2.29. The zero-order chi connectivity index (χ0) is 13.5. The molecule has 0 aliphatic rings. The van der Waals surface area contributed by atoms with Crippen LogP contribution >= 0.6 is 0 Å². The lowest BCUT2D eigenvalue weighted by molar-refractivity contribution is -0.0853. The summed E-state index contributed by atoms with van der Waals surface area (Å²) in [6, 6.07) is 0. The molecule has 0 heterocycles. The van der Waals surface area contributed by atoms with E-state index >= 15 is 0 Å². The van der Waals surface area contributed by atoms with Gasteiger partial charge in [0.2, 0.25) is 0 Å². The number of nitrogens with zero attached hydrogens (tertiary/aromatic N) is 1. The first-order valence-corrected chi connectivity index (χ1v) is 6.79. The summed E-state index contributed by atoms with van der Waals surface area (Å²) in [5.74, 6) is 0. The summed E-state index contributed by atoms with van der Waals surface area (Å²) >= 11 is 0. The number of nitroso groups, excluding NO2 is 1. The molecule has 17 heavy (non-hydrogen) atoms. The Morgan fingerprint density at radius 1 is 1.06 bits per heavy atom. The molecule has 0 saturated carbocycles. The zero-order valence-corrected chi connectivity index (χ0v) is 12.4. The van der Waals surface area contributed by atoms with Gasteiger partial charge in [0.15, 0.2) is 0 Å². The maximum Gasteiger partial charge on any atom is 0.107 e. The summed E-state index contributed by atoms with van der Waals surface area (Å²) in [5, 5.41) is 3.03. The Kier molecular flexibility index (Phi) is 6.91. The first-order valence-electron chi connectivity index (χ1n) is 6.79. The molecule has 0 aromatic heterocycles. The number of hydrogen-bond donors (Lipinski definition) is 0. The van der Waals surface area contributed by atoms with E-state index in [9.17, 15) is 4.91 Å². The average molecular weight is 243 g/mol. The van der Waals surface area contributed by atoms with Gasteiger partial charge in [0.25, 0.3) is 0 Å². The van der Waals surface area contributed by atoms with Crippen molar-refractivity contribution >= 4 is 0 Å². The molecule has 0 aromatic rings. The molecule has 0 aliphatic heterocycles. The van der Waals surface area contributed by atoms with Crippen LogP contribution in [0.5, 0.6) is 0 Å². The van der Waals surface area contributed by atoms with Crippen molar-refractivity contribution in [3.8, 4) is 0 Å². The average Bonchev–Trinajstić information content (AvgIpc) is 2.28. The second-order valence-electron chi connectivity index (χ2n) is 5.89. The van der Waals surface area contributed by atoms with Crippen molar-refractivity contribution in [3.63, 3.8) is 0 Å². The van der Waals surface area contributed by atoms with E-state index in [1.807, 2.05) is 0 Å². The molecular formula is C14H29NO2. The third-order valence-corrected chi connectivity index (χ3v) is 4.04. The van der Waals surface area contributed by atoms with Crippen LogP contribution in [0.2, 0.25) is 0 Å². The Morgan fingerprint density at radius 3 is 1.94 bits per heavy atom. The van der Waals surface area contributed by atoms with Crippen LogP contribution in [0.3, 0.4) is 0 Å². The lowest BCUT2D eigenvalue weighted by Crippen LogP contribution is -2.35. The summed E-state index contributed by atoms with van der Waals surface area (Å²) < 4.78 is 6.03. The van der Waals surface area contributed by atoms with Crippen molar-refractivity contribution in [2.75, 3.05) is 6.54 Å². The first kappa shape index (κ1) is 16.6. The Hall–Kier alpha value is -0.440. The molecule has 0 rings (SSSR count). The number of ether oxygens (including phenoxy) is 1. The number of hydrogen-bond acceptors (Lipinski definition) is 3. The third kappa shape index (κ3) is 6.16. The highest BCUT2D eigenvalue weighted by atomic mass is 16.5. The van der Waals surface area contributed by atoms with Crippen LogP contribution in [0.25, 0.3) is 0 Å². The first-order chi connectivity index (χ1) is 7.82. The van der Waals surface area contributed by atoms with E-state index in [2.05, 4.69) is 46.7 Å². The highest BCUT2D eigenvalue weighted by molar-refractivity contribution is 4.79. The van der Waals surface area contributed by atoms with Gasteiger partial charge in [-0.05, 0) is 32.1 Å². The summed E-state index contributed by atoms with van der Waals surface area (Å²) in [6.07, 6.45) is 4.02. The summed E-state index contributed by atoms with van der Waals surface area (Å²) in [6.45, 7) is 13.1. The van der Waals surface area contributed by atoms with E-state index in [-0.39, 0.29) is 23.7 Å². The van der Waals surface area contributed by atoms with Crippen molar-refractivity contribution in [2.24, 2.45) is 10.6 Å². The minimum atomic E-state index is -0.169. The van der Waals surface area contributed by atoms with Crippen molar-refractivity contribution < 1.29 is 4.74 Å². The predicted octanol–water partition coefficient (Wildman–Crippen LogP) is 4.54. The molecule has 102 valence electrons. The lowest BCUT2D eigenvalue weighted by Gasteiger charge is -2.35. The molecule has 0 spiro atoms. The van der Waals surface area contributed by atoms with E-state index in [0.717, 1.165) is 25.7 Å². The summed E-state index contributed by atoms with van der Waals surface area (Å²) in [7, 11) is 0. The minimum Gasteiger partial charge on any atom is -0.370 e. The maximum atomic E-state index is 10.5. The SMILES string of the molecule is CCC(C)(CC)CC(CN=O)OC(C)(C)CC. The van der Waals surface area contributed by atoms with Gasteiger partial charge < -0.3 is 4.74 Å². The van der Waals surface area contributed by atoms with Crippen LogP contribution in [-0.2, 0) is 4.74 Å². The van der Waals surface area contributed by atoms with Crippen LogP contribution in [0.15, 0.2) is 5.18 Å². The van der Waals surface area contributed by atoms with Gasteiger partial charge >= 0.3 is 0 Å². The van der Waals surface area contributed by atoms with Gasteiger partial charge in [0.05, 0.1) is 11.7 Å². The summed E-state index contributed by atoms with van der Waals surface area (Å²) in [5.41, 5.74) is 0.0803. The second kappa shape index (κ2) is 7.10. The molecule has 1 atom stereocenters. The van der Waals surface area contributed by atoms with Crippen LogP contribution < -0.4 is 0 Å². The third-order valence-electron chi connectivity index (χ3n) is 4.04. The minimum absolute atomic E-state index is 0.0488. The Labute approximate surface area is 106 Å².